The molecule has 1 unspecified atom stereocenters. The second-order valence-corrected chi connectivity index (χ2v) is 7.56. The highest BCUT2D eigenvalue weighted by Gasteiger charge is 2.45. The maximum absolute atomic E-state index is 3.53. The molecule has 2 aromatic rings. The Morgan fingerprint density at radius 1 is 0.769 bits per heavy atom. The van der Waals surface area contributed by atoms with Crippen LogP contribution >= 0.6 is 12.6 Å². The number of hydrogen-bond donors (Lipinski definition) is 1. The maximum atomic E-state index is 3.53. The predicted octanol–water partition coefficient (Wildman–Crippen LogP) is 7.91. The second kappa shape index (κ2) is 10.2. The van der Waals surface area contributed by atoms with Crippen molar-refractivity contribution in [3.8, 4) is 11.1 Å². The quantitative estimate of drug-likeness (QED) is 0.355. The summed E-state index contributed by atoms with van der Waals surface area (Å²) < 4.78 is 0. The molecule has 0 radical (unpaired) electrons. The molecule has 0 amide bonds. The summed E-state index contributed by atoms with van der Waals surface area (Å²) in [4.78, 5) is 0. The largest absolute Gasteiger partial charge is 0.183 e. The molecule has 0 fully saturated rings. The highest BCUT2D eigenvalue weighted by atomic mass is 32.1. The second-order valence-electron chi connectivity index (χ2n) is 7.56. The van der Waals surface area contributed by atoms with Gasteiger partial charge in [0.15, 0.2) is 0 Å². The Balaban J connectivity index is 0.00000117. The normalized spacial score (nSPS) is 14.8. The molecule has 1 heteroatoms. The number of thiol groups is 1. The summed E-state index contributed by atoms with van der Waals surface area (Å²) in [5, 5.41) is 0. The monoisotopic (exact) mass is 368 g/mol. The van der Waals surface area contributed by atoms with Gasteiger partial charge in [-0.25, -0.2) is 0 Å². The van der Waals surface area contributed by atoms with Crippen LogP contribution in [0.3, 0.4) is 0 Å². The third kappa shape index (κ3) is 3.88. The molecule has 0 bridgehead atoms. The van der Waals surface area contributed by atoms with E-state index in [-0.39, 0.29) is 5.41 Å². The van der Waals surface area contributed by atoms with Crippen LogP contribution < -0.4 is 0 Å². The van der Waals surface area contributed by atoms with Gasteiger partial charge in [0.2, 0.25) is 0 Å². The van der Waals surface area contributed by atoms with E-state index in [0.717, 1.165) is 0 Å². The van der Waals surface area contributed by atoms with Crippen LogP contribution in [-0.2, 0) is 5.41 Å². The van der Waals surface area contributed by atoms with E-state index in [1.54, 1.807) is 17.4 Å². The van der Waals surface area contributed by atoms with Crippen molar-refractivity contribution in [1.29, 1.82) is 0 Å². The molecule has 0 aliphatic heterocycles. The SMILES string of the molecule is CCCCCC1(C(C)CCCC)c2ccccc2-c2ccccc21.CS. The van der Waals surface area contributed by atoms with Crippen molar-refractivity contribution in [1.82, 2.24) is 0 Å². The van der Waals surface area contributed by atoms with Crippen molar-refractivity contribution < 1.29 is 0 Å². The van der Waals surface area contributed by atoms with Crippen molar-refractivity contribution in [2.75, 3.05) is 6.26 Å². The average molecular weight is 369 g/mol. The Kier molecular flexibility index (Phi) is 8.28. The van der Waals surface area contributed by atoms with Crippen LogP contribution in [-0.4, -0.2) is 6.26 Å². The molecular weight excluding hydrogens is 332 g/mol. The molecule has 1 aliphatic rings. The highest BCUT2D eigenvalue weighted by molar-refractivity contribution is 7.79. The number of fused-ring (bicyclic) bond motifs is 3. The van der Waals surface area contributed by atoms with Gasteiger partial charge in [-0.3, -0.25) is 0 Å². The first kappa shape index (κ1) is 21.1. The van der Waals surface area contributed by atoms with Crippen LogP contribution in [0.1, 0.15) is 76.8 Å². The van der Waals surface area contributed by atoms with Gasteiger partial charge < -0.3 is 0 Å². The van der Waals surface area contributed by atoms with E-state index in [9.17, 15) is 0 Å². The van der Waals surface area contributed by atoms with E-state index in [2.05, 4.69) is 81.9 Å². The third-order valence-electron chi connectivity index (χ3n) is 6.11. The van der Waals surface area contributed by atoms with Gasteiger partial charge >= 0.3 is 0 Å². The fourth-order valence-corrected chi connectivity index (χ4v) is 4.82. The van der Waals surface area contributed by atoms with Gasteiger partial charge in [0.1, 0.15) is 0 Å². The lowest BCUT2D eigenvalue weighted by atomic mass is 9.64. The van der Waals surface area contributed by atoms with E-state index >= 15 is 0 Å². The molecule has 0 saturated heterocycles. The summed E-state index contributed by atoms with van der Waals surface area (Å²) in [7, 11) is 0. The van der Waals surface area contributed by atoms with E-state index < -0.39 is 0 Å². The number of benzene rings is 2. The molecule has 2 aromatic carbocycles. The van der Waals surface area contributed by atoms with Gasteiger partial charge in [-0.1, -0.05) is 101 Å². The lowest BCUT2D eigenvalue weighted by Crippen LogP contribution is -2.33. The lowest BCUT2D eigenvalue weighted by molar-refractivity contribution is 0.295. The summed E-state index contributed by atoms with van der Waals surface area (Å²) in [6.45, 7) is 7.12. The predicted molar refractivity (Wildman–Crippen MR) is 120 cm³/mol. The van der Waals surface area contributed by atoms with E-state index in [1.807, 2.05) is 0 Å². The topological polar surface area (TPSA) is 0 Å². The summed E-state index contributed by atoms with van der Waals surface area (Å²) in [5.41, 5.74) is 6.36. The Bertz CT molecular complexity index is 628. The fraction of sp³-hybridized carbons (Fsp3) is 0.520. The molecular formula is C25H36S. The first-order chi connectivity index (χ1) is 12.8. The van der Waals surface area contributed by atoms with Crippen molar-refractivity contribution in [2.24, 2.45) is 5.92 Å². The van der Waals surface area contributed by atoms with Crippen LogP contribution in [0, 0.1) is 5.92 Å². The van der Waals surface area contributed by atoms with Crippen LogP contribution in [0.4, 0.5) is 0 Å². The van der Waals surface area contributed by atoms with Crippen LogP contribution in [0.25, 0.3) is 11.1 Å². The molecule has 0 spiro atoms. The Morgan fingerprint density at radius 3 is 1.77 bits per heavy atom. The smallest absolute Gasteiger partial charge is 0.0240 e. The van der Waals surface area contributed by atoms with E-state index in [1.165, 1.54) is 56.1 Å². The van der Waals surface area contributed by atoms with Crippen molar-refractivity contribution in [3.63, 3.8) is 0 Å². The van der Waals surface area contributed by atoms with E-state index in [4.69, 9.17) is 0 Å². The van der Waals surface area contributed by atoms with Crippen LogP contribution in [0.2, 0.25) is 0 Å². The minimum Gasteiger partial charge on any atom is -0.183 e. The molecule has 0 N–H and O–H groups in total. The third-order valence-corrected chi connectivity index (χ3v) is 6.11. The highest BCUT2D eigenvalue weighted by Crippen LogP contribution is 2.56. The molecule has 0 nitrogen and oxygen atoms in total. The van der Waals surface area contributed by atoms with E-state index in [0.29, 0.717) is 5.92 Å². The number of hydrogen-bond acceptors (Lipinski definition) is 1. The van der Waals surface area contributed by atoms with Gasteiger partial charge in [-0.2, -0.15) is 12.6 Å². The van der Waals surface area contributed by atoms with Crippen molar-refractivity contribution in [2.45, 2.75) is 71.1 Å². The van der Waals surface area contributed by atoms with Gasteiger partial charge in [-0.05, 0) is 47.3 Å². The summed E-state index contributed by atoms with van der Waals surface area (Å²) in [5.74, 6) is 0.694. The number of unbranched alkanes of at least 4 members (excludes halogenated alkanes) is 3. The molecule has 1 aliphatic carbocycles. The lowest BCUT2D eigenvalue weighted by Gasteiger charge is -2.38. The molecule has 1 atom stereocenters. The average Bonchev–Trinajstić information content (AvgIpc) is 2.99. The van der Waals surface area contributed by atoms with Crippen molar-refractivity contribution >= 4 is 12.6 Å². The fourth-order valence-electron chi connectivity index (χ4n) is 4.82. The molecule has 3 rings (SSSR count). The summed E-state index contributed by atoms with van der Waals surface area (Å²) >= 11 is 3.53. The first-order valence-electron chi connectivity index (χ1n) is 10.4. The first-order valence-corrected chi connectivity index (χ1v) is 11.3. The van der Waals surface area contributed by atoms with Gasteiger partial charge in [0, 0.05) is 5.41 Å². The Hall–Kier alpha value is -1.21. The minimum absolute atomic E-state index is 0.220. The molecule has 0 aromatic heterocycles. The summed E-state index contributed by atoms with van der Waals surface area (Å²) in [6, 6.07) is 18.4. The standard InChI is InChI=1S/C24H32.CH4S/c1-4-6-12-18-24(19(3)13-7-5-2)22-16-10-8-14-20(22)21-15-9-11-17-23(21)24;1-2/h8-11,14-17,19H,4-7,12-13,18H2,1-3H3;2H,1H3. The molecule has 26 heavy (non-hydrogen) atoms. The minimum atomic E-state index is 0.220. The molecule has 142 valence electrons. The Morgan fingerprint density at radius 2 is 1.27 bits per heavy atom. The summed E-state index contributed by atoms with van der Waals surface area (Å²) in [6.07, 6.45) is 10.9. The van der Waals surface area contributed by atoms with Crippen LogP contribution in [0.15, 0.2) is 48.5 Å². The maximum Gasteiger partial charge on any atom is 0.0240 e. The zero-order chi connectivity index (χ0) is 19.0. The van der Waals surface area contributed by atoms with Gasteiger partial charge in [0.05, 0.1) is 0 Å². The zero-order valence-corrected chi connectivity index (χ0v) is 18.0. The van der Waals surface area contributed by atoms with Gasteiger partial charge in [-0.15, -0.1) is 0 Å². The Labute approximate surface area is 166 Å². The molecule has 0 saturated carbocycles. The van der Waals surface area contributed by atoms with Gasteiger partial charge in [0.25, 0.3) is 0 Å². The van der Waals surface area contributed by atoms with Crippen LogP contribution in [0.5, 0.6) is 0 Å². The number of rotatable bonds is 8. The zero-order valence-electron chi connectivity index (χ0n) is 17.1. The molecule has 0 heterocycles. The van der Waals surface area contributed by atoms with Crippen molar-refractivity contribution in [3.05, 3.63) is 59.7 Å².